The molecule has 0 aliphatic carbocycles. The molecule has 0 unspecified atom stereocenters. The number of rotatable bonds is 2. The van der Waals surface area contributed by atoms with Crippen LogP contribution >= 0.6 is 0 Å². The normalized spacial score (nSPS) is 30.1. The number of imidazole rings is 1. The van der Waals surface area contributed by atoms with Crippen molar-refractivity contribution in [3.8, 4) is 0 Å². The number of hydrogen-bond acceptors (Lipinski definition) is 7. The third kappa shape index (κ3) is 1.79. The molecule has 1 saturated heterocycles. The number of hydrogen-bond donors (Lipinski definition) is 4. The summed E-state index contributed by atoms with van der Waals surface area (Å²) in [5, 5.41) is 19.1. The molecule has 3 heterocycles. The monoisotopic (exact) mass is 281 g/mol. The molecule has 9 heteroatoms. The zero-order chi connectivity index (χ0) is 14.4. The van der Waals surface area contributed by atoms with E-state index in [0.29, 0.717) is 0 Å². The Kier molecular flexibility index (Phi) is 2.96. The SMILES string of the molecule is C[C@H]1[C@H](O)[C@@H](CO)O[C@H]1n1cnc2c(=O)[nH]c(N)nc21. The fraction of sp³-hybridized carbons (Fsp3) is 0.545. The van der Waals surface area contributed by atoms with Gasteiger partial charge in [0, 0.05) is 5.92 Å². The van der Waals surface area contributed by atoms with Gasteiger partial charge in [-0.1, -0.05) is 6.92 Å². The second-order valence-electron chi connectivity index (χ2n) is 4.87. The third-order valence-electron chi connectivity index (χ3n) is 3.59. The highest BCUT2D eigenvalue weighted by Crippen LogP contribution is 2.35. The first-order chi connectivity index (χ1) is 9.52. The molecule has 0 amide bonds. The van der Waals surface area contributed by atoms with E-state index in [9.17, 15) is 15.0 Å². The first kappa shape index (κ1) is 13.0. The van der Waals surface area contributed by atoms with Gasteiger partial charge in [0.25, 0.3) is 5.56 Å². The molecular formula is C11H15N5O4. The molecule has 2 aromatic rings. The van der Waals surface area contributed by atoms with E-state index in [2.05, 4.69) is 15.0 Å². The Morgan fingerprint density at radius 1 is 1.60 bits per heavy atom. The van der Waals surface area contributed by atoms with E-state index in [4.69, 9.17) is 10.5 Å². The average Bonchev–Trinajstić information content (AvgIpc) is 2.93. The first-order valence-electron chi connectivity index (χ1n) is 6.19. The highest BCUT2D eigenvalue weighted by Gasteiger charge is 2.42. The quantitative estimate of drug-likeness (QED) is 0.530. The molecule has 1 aliphatic heterocycles. The molecule has 108 valence electrons. The first-order valence-corrected chi connectivity index (χ1v) is 6.19. The number of fused-ring (bicyclic) bond motifs is 1. The Labute approximate surface area is 113 Å². The minimum Gasteiger partial charge on any atom is -0.394 e. The predicted molar refractivity (Wildman–Crippen MR) is 68.7 cm³/mol. The number of nitrogens with one attached hydrogen (secondary N) is 1. The van der Waals surface area contributed by atoms with Gasteiger partial charge >= 0.3 is 0 Å². The summed E-state index contributed by atoms with van der Waals surface area (Å²) in [6.07, 6.45) is -0.630. The summed E-state index contributed by atoms with van der Waals surface area (Å²) < 4.78 is 7.14. The lowest BCUT2D eigenvalue weighted by molar-refractivity contribution is -0.0447. The van der Waals surface area contributed by atoms with Crippen molar-refractivity contribution >= 4 is 17.1 Å². The van der Waals surface area contributed by atoms with Crippen LogP contribution in [0.5, 0.6) is 0 Å². The van der Waals surface area contributed by atoms with Gasteiger partial charge in [0.1, 0.15) is 12.3 Å². The van der Waals surface area contributed by atoms with Crippen LogP contribution in [0.2, 0.25) is 0 Å². The van der Waals surface area contributed by atoms with Crippen LogP contribution < -0.4 is 11.3 Å². The molecule has 0 aromatic carbocycles. The minimum absolute atomic E-state index is 0.0193. The van der Waals surface area contributed by atoms with Crippen molar-refractivity contribution in [1.82, 2.24) is 19.5 Å². The molecule has 1 fully saturated rings. The number of aromatic nitrogens is 4. The number of anilines is 1. The highest BCUT2D eigenvalue weighted by atomic mass is 16.5. The van der Waals surface area contributed by atoms with Crippen LogP contribution in [0.25, 0.3) is 11.2 Å². The smallest absolute Gasteiger partial charge is 0.280 e. The van der Waals surface area contributed by atoms with Gasteiger partial charge in [-0.15, -0.1) is 0 Å². The van der Waals surface area contributed by atoms with E-state index in [1.165, 1.54) is 6.33 Å². The number of nitrogen functional groups attached to an aromatic ring is 1. The molecule has 1 aliphatic rings. The molecule has 2 aromatic heterocycles. The average molecular weight is 281 g/mol. The molecule has 5 N–H and O–H groups in total. The maximum Gasteiger partial charge on any atom is 0.280 e. The lowest BCUT2D eigenvalue weighted by Gasteiger charge is -2.17. The molecule has 4 atom stereocenters. The van der Waals surface area contributed by atoms with Crippen LogP contribution in [0.15, 0.2) is 11.1 Å². The minimum atomic E-state index is -0.804. The van der Waals surface area contributed by atoms with Crippen LogP contribution in [0.4, 0.5) is 5.95 Å². The van der Waals surface area contributed by atoms with Gasteiger partial charge in [0.2, 0.25) is 5.95 Å². The van der Waals surface area contributed by atoms with Crippen LogP contribution in [0.1, 0.15) is 13.2 Å². The van der Waals surface area contributed by atoms with E-state index >= 15 is 0 Å². The standard InChI is InChI=1S/C11H15N5O4/c1-4-7(18)5(2-17)20-10(4)16-3-13-6-8(16)14-11(12)15-9(6)19/h3-5,7,10,17-18H,2H2,1H3,(H3,12,14,15,19)/t4-,5+,7-,10+/m0/s1. The summed E-state index contributed by atoms with van der Waals surface area (Å²) in [5.74, 6) is -0.305. The molecule has 0 radical (unpaired) electrons. The molecule has 9 nitrogen and oxygen atoms in total. The lowest BCUT2D eigenvalue weighted by Crippen LogP contribution is -2.28. The van der Waals surface area contributed by atoms with Gasteiger partial charge < -0.3 is 20.7 Å². The fourth-order valence-electron chi connectivity index (χ4n) is 2.49. The molecule has 0 bridgehead atoms. The number of nitrogens with two attached hydrogens (primary N) is 1. The summed E-state index contributed by atoms with van der Waals surface area (Å²) in [6.45, 7) is 1.50. The van der Waals surface area contributed by atoms with Gasteiger partial charge in [0.15, 0.2) is 11.2 Å². The second kappa shape index (κ2) is 4.54. The highest BCUT2D eigenvalue weighted by molar-refractivity contribution is 5.70. The summed E-state index contributed by atoms with van der Waals surface area (Å²) in [6, 6.07) is 0. The summed E-state index contributed by atoms with van der Waals surface area (Å²) >= 11 is 0. The predicted octanol–water partition coefficient (Wildman–Crippen LogP) is -1.41. The summed E-state index contributed by atoms with van der Waals surface area (Å²) in [4.78, 5) is 22.1. The number of H-pyrrole nitrogens is 1. The lowest BCUT2D eigenvalue weighted by atomic mass is 10.0. The van der Waals surface area contributed by atoms with Crippen molar-refractivity contribution in [2.75, 3.05) is 12.3 Å². The fourth-order valence-corrected chi connectivity index (χ4v) is 2.49. The van der Waals surface area contributed by atoms with Crippen LogP contribution in [-0.4, -0.2) is 48.5 Å². The van der Waals surface area contributed by atoms with E-state index < -0.39 is 24.0 Å². The molecule has 0 spiro atoms. The van der Waals surface area contributed by atoms with E-state index in [0.717, 1.165) is 0 Å². The molecular weight excluding hydrogens is 266 g/mol. The van der Waals surface area contributed by atoms with Crippen molar-refractivity contribution in [2.45, 2.75) is 25.4 Å². The maximum atomic E-state index is 11.7. The second-order valence-corrected chi connectivity index (χ2v) is 4.87. The van der Waals surface area contributed by atoms with Crippen LogP contribution in [0.3, 0.4) is 0 Å². The number of aromatic amines is 1. The molecule has 20 heavy (non-hydrogen) atoms. The third-order valence-corrected chi connectivity index (χ3v) is 3.59. The summed E-state index contributed by atoms with van der Waals surface area (Å²) in [7, 11) is 0. The number of ether oxygens (including phenoxy) is 1. The Morgan fingerprint density at radius 3 is 3.00 bits per heavy atom. The van der Waals surface area contributed by atoms with Crippen LogP contribution in [-0.2, 0) is 4.74 Å². The molecule has 0 saturated carbocycles. The van der Waals surface area contributed by atoms with E-state index in [1.54, 1.807) is 11.5 Å². The van der Waals surface area contributed by atoms with Gasteiger partial charge in [-0.3, -0.25) is 14.3 Å². The van der Waals surface area contributed by atoms with Crippen molar-refractivity contribution in [3.63, 3.8) is 0 Å². The van der Waals surface area contributed by atoms with Crippen LogP contribution in [0, 0.1) is 5.92 Å². The Hall–Kier alpha value is -1.97. The Balaban J connectivity index is 2.09. The topological polar surface area (TPSA) is 139 Å². The van der Waals surface area contributed by atoms with E-state index in [-0.39, 0.29) is 29.6 Å². The van der Waals surface area contributed by atoms with Gasteiger partial charge in [-0.2, -0.15) is 4.98 Å². The Morgan fingerprint density at radius 2 is 2.35 bits per heavy atom. The van der Waals surface area contributed by atoms with Crippen molar-refractivity contribution in [2.24, 2.45) is 5.92 Å². The Bertz CT molecular complexity index is 696. The summed E-state index contributed by atoms with van der Waals surface area (Å²) in [5.41, 5.74) is 5.53. The zero-order valence-electron chi connectivity index (χ0n) is 10.7. The van der Waals surface area contributed by atoms with Gasteiger partial charge in [0.05, 0.1) is 19.0 Å². The zero-order valence-corrected chi connectivity index (χ0v) is 10.7. The van der Waals surface area contributed by atoms with Crippen molar-refractivity contribution in [1.29, 1.82) is 0 Å². The van der Waals surface area contributed by atoms with E-state index in [1.807, 2.05) is 0 Å². The maximum absolute atomic E-state index is 11.7. The van der Waals surface area contributed by atoms with Crippen molar-refractivity contribution < 1.29 is 14.9 Å². The number of aliphatic hydroxyl groups is 2. The number of aliphatic hydroxyl groups excluding tert-OH is 2. The van der Waals surface area contributed by atoms with Gasteiger partial charge in [-0.05, 0) is 0 Å². The van der Waals surface area contributed by atoms with Gasteiger partial charge in [-0.25, -0.2) is 4.98 Å². The van der Waals surface area contributed by atoms with Crippen molar-refractivity contribution in [3.05, 3.63) is 16.7 Å². The molecule has 3 rings (SSSR count). The number of nitrogens with zero attached hydrogens (tertiary/aromatic N) is 3. The largest absolute Gasteiger partial charge is 0.394 e.